The summed E-state index contributed by atoms with van der Waals surface area (Å²) in [5, 5.41) is 0.736. The number of rotatable bonds is 5. The molecule has 1 aromatic heterocycles. The number of benzene rings is 1. The van der Waals surface area contributed by atoms with Crippen molar-refractivity contribution in [3.05, 3.63) is 53.1 Å². The van der Waals surface area contributed by atoms with Crippen LogP contribution in [0.2, 0.25) is 5.02 Å². The quantitative estimate of drug-likeness (QED) is 0.910. The van der Waals surface area contributed by atoms with Gasteiger partial charge in [-0.15, -0.1) is 0 Å². The predicted molar refractivity (Wildman–Crippen MR) is 79.5 cm³/mol. The highest BCUT2D eigenvalue weighted by Gasteiger charge is 2.20. The Labute approximate surface area is 119 Å². The Bertz CT molecular complexity index is 534. The van der Waals surface area contributed by atoms with Crippen LogP contribution in [0, 0.1) is 0 Å². The fraction of sp³-hybridized carbons (Fsp3) is 0.400. The van der Waals surface area contributed by atoms with Gasteiger partial charge in [-0.1, -0.05) is 30.7 Å². The minimum absolute atomic E-state index is 0.0109. The first-order valence-corrected chi connectivity index (χ1v) is 7.04. The molecule has 0 saturated heterocycles. The van der Waals surface area contributed by atoms with Gasteiger partial charge in [0, 0.05) is 29.9 Å². The Morgan fingerprint density at radius 2 is 2.21 bits per heavy atom. The van der Waals surface area contributed by atoms with Crippen LogP contribution in [0.5, 0.6) is 0 Å². The Hall–Kier alpha value is -1.32. The first-order valence-electron chi connectivity index (χ1n) is 6.66. The molecule has 4 heteroatoms. The normalized spacial score (nSPS) is 14.3. The Morgan fingerprint density at radius 3 is 2.84 bits per heavy atom. The molecule has 2 rings (SSSR count). The van der Waals surface area contributed by atoms with E-state index in [9.17, 15) is 0 Å². The van der Waals surface area contributed by atoms with Crippen molar-refractivity contribution in [1.29, 1.82) is 0 Å². The van der Waals surface area contributed by atoms with Crippen LogP contribution in [0.15, 0.2) is 36.7 Å². The predicted octanol–water partition coefficient (Wildman–Crippen LogP) is 3.43. The van der Waals surface area contributed by atoms with E-state index in [2.05, 4.69) is 22.5 Å². The fourth-order valence-corrected chi connectivity index (χ4v) is 2.62. The Kier molecular flexibility index (Phi) is 4.61. The number of nitrogens with two attached hydrogens (primary N) is 1. The van der Waals surface area contributed by atoms with Crippen molar-refractivity contribution >= 4 is 11.6 Å². The maximum atomic E-state index is 6.18. The minimum atomic E-state index is -0.0109. The van der Waals surface area contributed by atoms with E-state index in [1.54, 1.807) is 0 Å². The molecule has 0 bridgehead atoms. The standard InChI is InChI=1S/C15H20ClN3/c1-3-5-14-18-8-9-19(14)15(11(2)17)12-6-4-7-13(16)10-12/h4,6-11,15H,3,5,17H2,1-2H3. The molecule has 102 valence electrons. The second kappa shape index (κ2) is 6.22. The van der Waals surface area contributed by atoms with Crippen molar-refractivity contribution < 1.29 is 0 Å². The lowest BCUT2D eigenvalue weighted by Gasteiger charge is -2.25. The molecule has 0 aliphatic rings. The molecule has 0 fully saturated rings. The molecule has 1 aromatic carbocycles. The molecule has 0 radical (unpaired) electrons. The molecule has 2 N–H and O–H groups in total. The second-order valence-electron chi connectivity index (χ2n) is 4.86. The van der Waals surface area contributed by atoms with Crippen LogP contribution >= 0.6 is 11.6 Å². The first-order chi connectivity index (χ1) is 9.13. The zero-order valence-electron chi connectivity index (χ0n) is 11.4. The monoisotopic (exact) mass is 277 g/mol. The molecule has 1 heterocycles. The summed E-state index contributed by atoms with van der Waals surface area (Å²) in [6.45, 7) is 4.17. The van der Waals surface area contributed by atoms with Crippen molar-refractivity contribution in [3.63, 3.8) is 0 Å². The van der Waals surface area contributed by atoms with Gasteiger partial charge in [0.2, 0.25) is 0 Å². The number of nitrogens with zero attached hydrogens (tertiary/aromatic N) is 2. The highest BCUT2D eigenvalue weighted by atomic mass is 35.5. The highest BCUT2D eigenvalue weighted by Crippen LogP contribution is 2.25. The lowest BCUT2D eigenvalue weighted by molar-refractivity contribution is 0.478. The summed E-state index contributed by atoms with van der Waals surface area (Å²) in [6.07, 6.45) is 5.86. The number of hydrogen-bond donors (Lipinski definition) is 1. The number of imidazole rings is 1. The van der Waals surface area contributed by atoms with Crippen molar-refractivity contribution in [3.8, 4) is 0 Å². The maximum absolute atomic E-state index is 6.18. The number of aryl methyl sites for hydroxylation is 1. The highest BCUT2D eigenvalue weighted by molar-refractivity contribution is 6.30. The summed E-state index contributed by atoms with van der Waals surface area (Å²) < 4.78 is 2.17. The zero-order valence-corrected chi connectivity index (χ0v) is 12.1. The third kappa shape index (κ3) is 3.17. The van der Waals surface area contributed by atoms with Crippen molar-refractivity contribution in [2.45, 2.75) is 38.8 Å². The van der Waals surface area contributed by atoms with Gasteiger partial charge in [-0.3, -0.25) is 0 Å². The third-order valence-corrected chi connectivity index (χ3v) is 3.45. The van der Waals surface area contributed by atoms with E-state index in [4.69, 9.17) is 17.3 Å². The molecule has 0 amide bonds. The molecule has 2 aromatic rings. The molecule has 3 nitrogen and oxygen atoms in total. The van der Waals surface area contributed by atoms with Gasteiger partial charge in [-0.25, -0.2) is 4.98 Å². The van der Waals surface area contributed by atoms with Crippen LogP contribution in [0.3, 0.4) is 0 Å². The lowest BCUT2D eigenvalue weighted by Crippen LogP contribution is -2.31. The van der Waals surface area contributed by atoms with Gasteiger partial charge in [0.25, 0.3) is 0 Å². The molecule has 2 atom stereocenters. The van der Waals surface area contributed by atoms with Crippen LogP contribution < -0.4 is 5.73 Å². The third-order valence-electron chi connectivity index (χ3n) is 3.21. The van der Waals surface area contributed by atoms with Crippen LogP contribution in [0.25, 0.3) is 0 Å². The number of halogens is 1. The largest absolute Gasteiger partial charge is 0.326 e. The average Bonchev–Trinajstić information content (AvgIpc) is 2.78. The summed E-state index contributed by atoms with van der Waals surface area (Å²) in [4.78, 5) is 4.43. The van der Waals surface area contributed by atoms with Crippen molar-refractivity contribution in [1.82, 2.24) is 9.55 Å². The minimum Gasteiger partial charge on any atom is -0.326 e. The SMILES string of the molecule is CCCc1nccn1C(c1cccc(Cl)c1)C(C)N. The number of aromatic nitrogens is 2. The van der Waals surface area contributed by atoms with E-state index in [0.717, 1.165) is 29.3 Å². The summed E-state index contributed by atoms with van der Waals surface area (Å²) in [6, 6.07) is 7.94. The summed E-state index contributed by atoms with van der Waals surface area (Å²) in [7, 11) is 0. The average molecular weight is 278 g/mol. The zero-order chi connectivity index (χ0) is 13.8. The molecule has 0 saturated carbocycles. The number of hydrogen-bond acceptors (Lipinski definition) is 2. The van der Waals surface area contributed by atoms with E-state index in [-0.39, 0.29) is 12.1 Å². The Morgan fingerprint density at radius 1 is 1.42 bits per heavy atom. The summed E-state index contributed by atoms with van der Waals surface area (Å²) in [5.41, 5.74) is 7.31. The van der Waals surface area contributed by atoms with E-state index in [0.29, 0.717) is 0 Å². The molecule has 0 aliphatic carbocycles. The van der Waals surface area contributed by atoms with Crippen molar-refractivity contribution in [2.75, 3.05) is 0 Å². The van der Waals surface area contributed by atoms with E-state index >= 15 is 0 Å². The Balaban J connectivity index is 2.43. The van der Waals surface area contributed by atoms with E-state index < -0.39 is 0 Å². The van der Waals surface area contributed by atoms with Crippen LogP contribution in [-0.4, -0.2) is 15.6 Å². The van der Waals surface area contributed by atoms with Gasteiger partial charge in [-0.2, -0.15) is 0 Å². The maximum Gasteiger partial charge on any atom is 0.109 e. The first kappa shape index (κ1) is 14.1. The summed E-state index contributed by atoms with van der Waals surface area (Å²) in [5.74, 6) is 1.07. The molecular formula is C15H20ClN3. The van der Waals surface area contributed by atoms with Gasteiger partial charge < -0.3 is 10.3 Å². The van der Waals surface area contributed by atoms with E-state index in [1.165, 1.54) is 0 Å². The van der Waals surface area contributed by atoms with Crippen molar-refractivity contribution in [2.24, 2.45) is 5.73 Å². The van der Waals surface area contributed by atoms with Gasteiger partial charge in [0.15, 0.2) is 0 Å². The van der Waals surface area contributed by atoms with Crippen LogP contribution in [0.1, 0.15) is 37.7 Å². The van der Waals surface area contributed by atoms with E-state index in [1.807, 2.05) is 37.5 Å². The molecule has 2 unspecified atom stereocenters. The van der Waals surface area contributed by atoms with Gasteiger partial charge in [-0.05, 0) is 31.0 Å². The van der Waals surface area contributed by atoms with Crippen LogP contribution in [0.4, 0.5) is 0 Å². The van der Waals surface area contributed by atoms with Gasteiger partial charge in [0.1, 0.15) is 5.82 Å². The molecular weight excluding hydrogens is 258 g/mol. The molecule has 0 aliphatic heterocycles. The van der Waals surface area contributed by atoms with Gasteiger partial charge in [0.05, 0.1) is 6.04 Å². The molecule has 0 spiro atoms. The second-order valence-corrected chi connectivity index (χ2v) is 5.30. The smallest absolute Gasteiger partial charge is 0.109 e. The fourth-order valence-electron chi connectivity index (χ4n) is 2.42. The topological polar surface area (TPSA) is 43.8 Å². The van der Waals surface area contributed by atoms with Crippen LogP contribution in [-0.2, 0) is 6.42 Å². The van der Waals surface area contributed by atoms with Gasteiger partial charge >= 0.3 is 0 Å². The lowest BCUT2D eigenvalue weighted by atomic mass is 10.0. The molecule has 19 heavy (non-hydrogen) atoms. The summed E-state index contributed by atoms with van der Waals surface area (Å²) >= 11 is 6.09.